The molecule has 8 nitrogen and oxygen atoms in total. The first-order chi connectivity index (χ1) is 13.2. The quantitative estimate of drug-likeness (QED) is 0.654. The summed E-state index contributed by atoms with van der Waals surface area (Å²) in [6.07, 6.45) is 8.54. The van der Waals surface area contributed by atoms with Crippen LogP contribution in [0.3, 0.4) is 0 Å². The highest BCUT2D eigenvalue weighted by Crippen LogP contribution is 2.24. The van der Waals surface area contributed by atoms with Crippen LogP contribution in [0.1, 0.15) is 22.2 Å². The van der Waals surface area contributed by atoms with Gasteiger partial charge >= 0.3 is 0 Å². The van der Waals surface area contributed by atoms with E-state index in [2.05, 4.69) is 25.6 Å². The van der Waals surface area contributed by atoms with Crippen molar-refractivity contribution >= 4 is 42.2 Å². The zero-order valence-corrected chi connectivity index (χ0v) is 17.5. The molecule has 1 unspecified atom stereocenters. The van der Waals surface area contributed by atoms with Crippen LogP contribution in [0.2, 0.25) is 0 Å². The number of rotatable bonds is 4. The third kappa shape index (κ3) is 5.03. The Morgan fingerprint density at radius 1 is 1.21 bits per heavy atom. The number of benzene rings is 1. The van der Waals surface area contributed by atoms with E-state index in [0.717, 1.165) is 18.1 Å². The topological polar surface area (TPSA) is 88.0 Å². The predicted octanol–water partition coefficient (Wildman–Crippen LogP) is 2.58. The van der Waals surface area contributed by atoms with Crippen LogP contribution >= 0.6 is 24.8 Å². The number of halogens is 2. The molecule has 0 bridgehead atoms. The zero-order valence-electron chi connectivity index (χ0n) is 15.9. The largest absolute Gasteiger partial charge is 0.339 e. The van der Waals surface area contributed by atoms with Crippen LogP contribution < -0.4 is 10.6 Å². The molecule has 1 saturated heterocycles. The third-order valence-electron chi connectivity index (χ3n) is 4.61. The van der Waals surface area contributed by atoms with Gasteiger partial charge in [-0.2, -0.15) is 0 Å². The molecule has 1 atom stereocenters. The van der Waals surface area contributed by atoms with Gasteiger partial charge in [0.1, 0.15) is 17.7 Å². The summed E-state index contributed by atoms with van der Waals surface area (Å²) in [5.74, 6) is 1.51. The van der Waals surface area contributed by atoms with Crippen LogP contribution in [0.15, 0.2) is 55.2 Å². The van der Waals surface area contributed by atoms with E-state index in [1.54, 1.807) is 24.8 Å². The number of nitrogens with zero attached hydrogens (tertiary/aromatic N) is 5. The van der Waals surface area contributed by atoms with Crippen LogP contribution in [0.5, 0.6) is 0 Å². The molecule has 0 aliphatic carbocycles. The van der Waals surface area contributed by atoms with E-state index in [9.17, 15) is 4.79 Å². The van der Waals surface area contributed by atoms with Crippen LogP contribution in [0.25, 0.3) is 0 Å². The van der Waals surface area contributed by atoms with Gasteiger partial charge in [-0.05, 0) is 18.2 Å². The number of hydrogen-bond donors (Lipinski definition) is 2. The summed E-state index contributed by atoms with van der Waals surface area (Å²) < 4.78 is 1.96. The van der Waals surface area contributed by atoms with Crippen molar-refractivity contribution in [3.05, 3.63) is 66.6 Å². The number of aryl methyl sites for hydroxylation is 1. The molecule has 3 aromatic rings. The molecule has 0 radical (unpaired) electrons. The maximum Gasteiger partial charge on any atom is 0.254 e. The number of imidazole rings is 1. The molecule has 1 aliphatic heterocycles. The van der Waals surface area contributed by atoms with Crippen LogP contribution in [-0.4, -0.2) is 50.0 Å². The highest BCUT2D eigenvalue weighted by atomic mass is 35.5. The lowest BCUT2D eigenvalue weighted by Crippen LogP contribution is -2.49. The van der Waals surface area contributed by atoms with Crippen LogP contribution in [0.4, 0.5) is 11.5 Å². The molecule has 1 aromatic carbocycles. The van der Waals surface area contributed by atoms with E-state index in [1.165, 1.54) is 0 Å². The molecule has 10 heteroatoms. The van der Waals surface area contributed by atoms with Crippen molar-refractivity contribution in [2.45, 2.75) is 6.04 Å². The minimum Gasteiger partial charge on any atom is -0.339 e. The van der Waals surface area contributed by atoms with Gasteiger partial charge in [-0.15, -0.1) is 24.8 Å². The number of piperazine rings is 1. The van der Waals surface area contributed by atoms with Crippen molar-refractivity contribution in [3.63, 3.8) is 0 Å². The van der Waals surface area contributed by atoms with Crippen molar-refractivity contribution in [2.75, 3.05) is 25.0 Å². The number of carbonyl (C=O) groups excluding carboxylic acids is 1. The molecule has 4 rings (SSSR count). The molecule has 154 valence electrons. The fraction of sp³-hybridized carbons (Fsp3) is 0.263. The van der Waals surface area contributed by atoms with Gasteiger partial charge < -0.3 is 20.1 Å². The van der Waals surface area contributed by atoms with Gasteiger partial charge in [0.2, 0.25) is 0 Å². The minimum atomic E-state index is -0.0946. The number of anilines is 2. The normalized spacial score (nSPS) is 15.8. The van der Waals surface area contributed by atoms with Gasteiger partial charge in [-0.3, -0.25) is 9.78 Å². The second-order valence-corrected chi connectivity index (χ2v) is 6.41. The Morgan fingerprint density at radius 2 is 2.07 bits per heavy atom. The van der Waals surface area contributed by atoms with Gasteiger partial charge in [0.05, 0.1) is 6.20 Å². The number of amides is 1. The van der Waals surface area contributed by atoms with Gasteiger partial charge in [0, 0.05) is 62.7 Å². The number of carbonyl (C=O) groups is 1. The molecule has 29 heavy (non-hydrogen) atoms. The standard InChI is InChI=1S/C19H21N7O.2ClH/c1-25-9-8-23-18(25)16-12-21-7-10-26(16)19(27)14-3-2-4-15(11-14)24-17-13-20-5-6-22-17;;/h2-6,8-9,11,13,16,21H,7,10,12H2,1H3,(H,22,24);2*1H. The molecule has 0 spiro atoms. The highest BCUT2D eigenvalue weighted by Gasteiger charge is 2.31. The zero-order chi connectivity index (χ0) is 18.6. The average molecular weight is 436 g/mol. The summed E-state index contributed by atoms with van der Waals surface area (Å²) >= 11 is 0. The van der Waals surface area contributed by atoms with Crippen LogP contribution in [-0.2, 0) is 7.05 Å². The van der Waals surface area contributed by atoms with E-state index in [4.69, 9.17) is 0 Å². The van der Waals surface area contributed by atoms with E-state index in [0.29, 0.717) is 24.5 Å². The highest BCUT2D eigenvalue weighted by molar-refractivity contribution is 5.95. The monoisotopic (exact) mass is 435 g/mol. The number of nitrogens with one attached hydrogen (secondary N) is 2. The molecule has 3 heterocycles. The summed E-state index contributed by atoms with van der Waals surface area (Å²) in [7, 11) is 1.95. The summed E-state index contributed by atoms with van der Waals surface area (Å²) in [5.41, 5.74) is 1.43. The number of aromatic nitrogens is 4. The first kappa shape index (κ1) is 22.6. The molecule has 1 amide bonds. The summed E-state index contributed by atoms with van der Waals surface area (Å²) in [6.45, 7) is 2.09. The number of hydrogen-bond acceptors (Lipinski definition) is 6. The van der Waals surface area contributed by atoms with Crippen molar-refractivity contribution in [1.82, 2.24) is 29.7 Å². The first-order valence-electron chi connectivity index (χ1n) is 8.84. The Kier molecular flexibility index (Phi) is 7.95. The Labute approximate surface area is 181 Å². The predicted molar refractivity (Wildman–Crippen MR) is 116 cm³/mol. The fourth-order valence-corrected chi connectivity index (χ4v) is 3.28. The third-order valence-corrected chi connectivity index (χ3v) is 4.61. The molecule has 2 aromatic heterocycles. The van der Waals surface area contributed by atoms with E-state index in [-0.39, 0.29) is 36.8 Å². The second-order valence-electron chi connectivity index (χ2n) is 6.41. The molecule has 1 aliphatic rings. The van der Waals surface area contributed by atoms with Crippen molar-refractivity contribution in [2.24, 2.45) is 7.05 Å². The fourth-order valence-electron chi connectivity index (χ4n) is 3.28. The summed E-state index contributed by atoms with van der Waals surface area (Å²) in [6, 6.07) is 7.35. The minimum absolute atomic E-state index is 0. The van der Waals surface area contributed by atoms with Gasteiger partial charge in [0.15, 0.2) is 0 Å². The van der Waals surface area contributed by atoms with Crippen molar-refractivity contribution < 1.29 is 4.79 Å². The Balaban J connectivity index is 0.00000150. The average Bonchev–Trinajstić information content (AvgIpc) is 3.14. The maximum atomic E-state index is 13.2. The Bertz CT molecular complexity index is 935. The second kappa shape index (κ2) is 10.2. The van der Waals surface area contributed by atoms with Crippen molar-refractivity contribution in [1.29, 1.82) is 0 Å². The van der Waals surface area contributed by atoms with Gasteiger partial charge in [0.25, 0.3) is 5.91 Å². The molecule has 0 saturated carbocycles. The van der Waals surface area contributed by atoms with Crippen LogP contribution in [0, 0.1) is 0 Å². The molecule has 2 N–H and O–H groups in total. The lowest BCUT2D eigenvalue weighted by molar-refractivity contribution is 0.0621. The van der Waals surface area contributed by atoms with E-state index in [1.807, 2.05) is 47.0 Å². The summed E-state index contributed by atoms with van der Waals surface area (Å²) in [4.78, 5) is 27.8. The van der Waals surface area contributed by atoms with Gasteiger partial charge in [-0.1, -0.05) is 6.07 Å². The van der Waals surface area contributed by atoms with Crippen molar-refractivity contribution in [3.8, 4) is 0 Å². The maximum absolute atomic E-state index is 13.2. The Morgan fingerprint density at radius 3 is 2.79 bits per heavy atom. The first-order valence-corrected chi connectivity index (χ1v) is 8.84. The Hall–Kier alpha value is -2.68. The molecule has 1 fully saturated rings. The molecular weight excluding hydrogens is 413 g/mol. The lowest BCUT2D eigenvalue weighted by Gasteiger charge is -2.35. The van der Waals surface area contributed by atoms with Gasteiger partial charge in [-0.25, -0.2) is 9.97 Å². The van der Waals surface area contributed by atoms with E-state index >= 15 is 0 Å². The lowest BCUT2D eigenvalue weighted by atomic mass is 10.1. The molecular formula is C19H23Cl2N7O. The summed E-state index contributed by atoms with van der Waals surface area (Å²) in [5, 5.41) is 6.53. The SMILES string of the molecule is Cl.Cl.Cn1ccnc1C1CNCCN1C(=O)c1cccc(Nc2cnccn2)c1. The van der Waals surface area contributed by atoms with E-state index < -0.39 is 0 Å². The smallest absolute Gasteiger partial charge is 0.254 e.